The lowest BCUT2D eigenvalue weighted by Crippen LogP contribution is -2.44. The molecule has 0 heterocycles. The fourth-order valence-electron chi connectivity index (χ4n) is 1.71. The molecule has 0 amide bonds. The Morgan fingerprint density at radius 1 is 1.28 bits per heavy atom. The molecule has 0 saturated heterocycles. The van der Waals surface area contributed by atoms with Gasteiger partial charge in [-0.1, -0.05) is 27.2 Å². The molecule has 0 aromatic heterocycles. The van der Waals surface area contributed by atoms with E-state index in [1.807, 2.05) is 0 Å². The summed E-state index contributed by atoms with van der Waals surface area (Å²) in [5.41, 5.74) is 0.437. The third-order valence-corrected chi connectivity index (χ3v) is 2.67. The summed E-state index contributed by atoms with van der Waals surface area (Å²) in [7, 11) is 3.50. The fraction of sp³-hybridized carbons (Fsp3) is 0.929. The van der Waals surface area contributed by atoms with Gasteiger partial charge in [-0.15, -0.1) is 0 Å². The summed E-state index contributed by atoms with van der Waals surface area (Å²) in [6.07, 6.45) is 3.69. The van der Waals surface area contributed by atoms with Crippen LogP contribution in [0.3, 0.4) is 0 Å². The first kappa shape index (κ1) is 17.2. The second-order valence-corrected chi connectivity index (χ2v) is 6.02. The monoisotopic (exact) mass is 257 g/mol. The maximum atomic E-state index is 5.08. The Hall–Kier alpha value is -0.770. The van der Waals surface area contributed by atoms with Crippen molar-refractivity contribution in [1.29, 1.82) is 0 Å². The van der Waals surface area contributed by atoms with Crippen molar-refractivity contribution in [2.75, 3.05) is 27.3 Å². The van der Waals surface area contributed by atoms with E-state index in [1.165, 1.54) is 19.3 Å². The van der Waals surface area contributed by atoms with Crippen LogP contribution in [0, 0.1) is 5.41 Å². The molecule has 0 saturated carbocycles. The quantitative estimate of drug-likeness (QED) is 0.418. The minimum atomic E-state index is 0.274. The summed E-state index contributed by atoms with van der Waals surface area (Å²) in [4.78, 5) is 4.20. The Kier molecular flexibility index (Phi) is 8.81. The molecule has 0 spiro atoms. The Labute approximate surface area is 113 Å². The van der Waals surface area contributed by atoms with Crippen LogP contribution in [0.2, 0.25) is 0 Å². The maximum Gasteiger partial charge on any atom is 0.191 e. The average molecular weight is 257 g/mol. The third kappa shape index (κ3) is 10.4. The molecule has 0 aliphatic rings. The zero-order valence-electron chi connectivity index (χ0n) is 13.0. The minimum Gasteiger partial charge on any atom is -0.383 e. The first-order valence-corrected chi connectivity index (χ1v) is 6.85. The van der Waals surface area contributed by atoms with Crippen LogP contribution in [-0.2, 0) is 4.74 Å². The van der Waals surface area contributed by atoms with E-state index in [2.05, 4.69) is 43.3 Å². The molecule has 0 bridgehead atoms. The molecule has 0 rings (SSSR count). The van der Waals surface area contributed by atoms with Gasteiger partial charge in [-0.2, -0.15) is 0 Å². The van der Waals surface area contributed by atoms with Crippen LogP contribution in [0.25, 0.3) is 0 Å². The first-order valence-electron chi connectivity index (χ1n) is 6.85. The van der Waals surface area contributed by atoms with Crippen LogP contribution in [0.5, 0.6) is 0 Å². The number of methoxy groups -OCH3 is 1. The van der Waals surface area contributed by atoms with Crippen molar-refractivity contribution in [2.24, 2.45) is 10.4 Å². The molecule has 4 nitrogen and oxygen atoms in total. The number of guanidine groups is 1. The number of hydrogen-bond acceptors (Lipinski definition) is 2. The molecule has 4 heteroatoms. The van der Waals surface area contributed by atoms with E-state index in [-0.39, 0.29) is 6.04 Å². The summed E-state index contributed by atoms with van der Waals surface area (Å²) in [6.45, 7) is 10.6. The predicted molar refractivity (Wildman–Crippen MR) is 79.1 cm³/mol. The van der Waals surface area contributed by atoms with Crippen molar-refractivity contribution in [2.45, 2.75) is 53.0 Å². The highest BCUT2D eigenvalue weighted by atomic mass is 16.5. The van der Waals surface area contributed by atoms with Gasteiger partial charge >= 0.3 is 0 Å². The zero-order chi connectivity index (χ0) is 14.0. The van der Waals surface area contributed by atoms with Gasteiger partial charge in [0.05, 0.1) is 6.61 Å². The van der Waals surface area contributed by atoms with E-state index >= 15 is 0 Å². The molecule has 108 valence electrons. The molecule has 2 N–H and O–H groups in total. The number of ether oxygens (including phenoxy) is 1. The van der Waals surface area contributed by atoms with Crippen LogP contribution >= 0.6 is 0 Å². The van der Waals surface area contributed by atoms with Crippen LogP contribution < -0.4 is 10.6 Å². The minimum absolute atomic E-state index is 0.274. The van der Waals surface area contributed by atoms with Gasteiger partial charge in [0, 0.05) is 26.7 Å². The second-order valence-electron chi connectivity index (χ2n) is 6.02. The van der Waals surface area contributed by atoms with Crippen LogP contribution in [0.15, 0.2) is 4.99 Å². The van der Waals surface area contributed by atoms with Crippen molar-refractivity contribution < 1.29 is 4.74 Å². The SMILES string of the molecule is CN=C(NCCCCC(C)(C)C)NC(C)COC. The van der Waals surface area contributed by atoms with Crippen molar-refractivity contribution in [3.8, 4) is 0 Å². The number of nitrogens with one attached hydrogen (secondary N) is 2. The number of unbranched alkanes of at least 4 members (excludes halogenated alkanes) is 1. The molecule has 1 unspecified atom stereocenters. The Bertz CT molecular complexity index is 234. The van der Waals surface area contributed by atoms with Crippen molar-refractivity contribution in [3.05, 3.63) is 0 Å². The zero-order valence-corrected chi connectivity index (χ0v) is 13.0. The van der Waals surface area contributed by atoms with Crippen molar-refractivity contribution in [1.82, 2.24) is 10.6 Å². The van der Waals surface area contributed by atoms with Gasteiger partial charge in [0.15, 0.2) is 5.96 Å². The summed E-state index contributed by atoms with van der Waals surface area (Å²) in [6, 6.07) is 0.274. The highest BCUT2D eigenvalue weighted by Crippen LogP contribution is 2.20. The summed E-state index contributed by atoms with van der Waals surface area (Å²) >= 11 is 0. The smallest absolute Gasteiger partial charge is 0.191 e. The van der Waals surface area contributed by atoms with Crippen LogP contribution in [0.1, 0.15) is 47.0 Å². The molecular formula is C14H31N3O. The molecule has 18 heavy (non-hydrogen) atoms. The molecule has 0 fully saturated rings. The molecular weight excluding hydrogens is 226 g/mol. The van der Waals surface area contributed by atoms with Gasteiger partial charge < -0.3 is 15.4 Å². The lowest BCUT2D eigenvalue weighted by atomic mass is 9.90. The topological polar surface area (TPSA) is 45.7 Å². The first-order chi connectivity index (χ1) is 8.39. The van der Waals surface area contributed by atoms with Gasteiger partial charge in [-0.25, -0.2) is 0 Å². The second kappa shape index (κ2) is 9.20. The lowest BCUT2D eigenvalue weighted by Gasteiger charge is -2.19. The highest BCUT2D eigenvalue weighted by molar-refractivity contribution is 5.79. The average Bonchev–Trinajstić information content (AvgIpc) is 2.25. The third-order valence-electron chi connectivity index (χ3n) is 2.67. The van der Waals surface area contributed by atoms with Gasteiger partial charge in [-0.3, -0.25) is 4.99 Å². The maximum absolute atomic E-state index is 5.08. The van der Waals surface area contributed by atoms with Gasteiger partial charge in [-0.05, 0) is 25.2 Å². The summed E-state index contributed by atoms with van der Waals surface area (Å²) in [5, 5.41) is 6.62. The standard InChI is InChI=1S/C14H31N3O/c1-12(11-18-6)17-13(15-5)16-10-8-7-9-14(2,3)4/h12H,7-11H2,1-6H3,(H2,15,16,17). The van der Waals surface area contributed by atoms with E-state index < -0.39 is 0 Å². The molecule has 0 aromatic carbocycles. The Morgan fingerprint density at radius 3 is 2.44 bits per heavy atom. The predicted octanol–water partition coefficient (Wildman–Crippen LogP) is 2.40. The number of rotatable bonds is 7. The normalized spacial score (nSPS) is 14.4. The summed E-state index contributed by atoms with van der Waals surface area (Å²) in [5.74, 6) is 0.857. The van der Waals surface area contributed by atoms with Crippen LogP contribution in [-0.4, -0.2) is 39.3 Å². The van der Waals surface area contributed by atoms with Gasteiger partial charge in [0.2, 0.25) is 0 Å². The number of nitrogens with zero attached hydrogens (tertiary/aromatic N) is 1. The fourth-order valence-corrected chi connectivity index (χ4v) is 1.71. The lowest BCUT2D eigenvalue weighted by molar-refractivity contribution is 0.179. The van der Waals surface area contributed by atoms with E-state index in [4.69, 9.17) is 4.74 Å². The molecule has 1 atom stereocenters. The summed E-state index contributed by atoms with van der Waals surface area (Å²) < 4.78 is 5.08. The van der Waals surface area contributed by atoms with E-state index in [0.29, 0.717) is 12.0 Å². The molecule has 0 aromatic rings. The Balaban J connectivity index is 3.69. The number of hydrogen-bond donors (Lipinski definition) is 2. The van der Waals surface area contributed by atoms with Gasteiger partial charge in [0.25, 0.3) is 0 Å². The molecule has 0 aliphatic carbocycles. The van der Waals surface area contributed by atoms with E-state index in [0.717, 1.165) is 12.5 Å². The van der Waals surface area contributed by atoms with Crippen LogP contribution in [0.4, 0.5) is 0 Å². The molecule has 0 radical (unpaired) electrons. The number of aliphatic imine (C=N–C) groups is 1. The van der Waals surface area contributed by atoms with Crippen molar-refractivity contribution in [3.63, 3.8) is 0 Å². The Morgan fingerprint density at radius 2 is 1.94 bits per heavy atom. The van der Waals surface area contributed by atoms with Gasteiger partial charge in [0.1, 0.15) is 0 Å². The highest BCUT2D eigenvalue weighted by Gasteiger charge is 2.09. The van der Waals surface area contributed by atoms with Crippen molar-refractivity contribution >= 4 is 5.96 Å². The largest absolute Gasteiger partial charge is 0.383 e. The van der Waals surface area contributed by atoms with E-state index in [9.17, 15) is 0 Å². The van der Waals surface area contributed by atoms with E-state index in [1.54, 1.807) is 14.2 Å². The molecule has 0 aliphatic heterocycles.